The lowest BCUT2D eigenvalue weighted by Crippen LogP contribution is -2.44. The maximum atomic E-state index is 12.3. The van der Waals surface area contributed by atoms with Gasteiger partial charge in [-0.2, -0.15) is 0 Å². The summed E-state index contributed by atoms with van der Waals surface area (Å²) in [6, 6.07) is 6.24. The van der Waals surface area contributed by atoms with Crippen LogP contribution in [0.5, 0.6) is 0 Å². The Bertz CT molecular complexity index is 563. The van der Waals surface area contributed by atoms with Crippen LogP contribution in [-0.4, -0.2) is 42.1 Å². The number of benzene rings is 1. The molecule has 0 bridgehead atoms. The Morgan fingerprint density at radius 3 is 2.62 bits per heavy atom. The van der Waals surface area contributed by atoms with E-state index in [-0.39, 0.29) is 11.8 Å². The molecule has 2 N–H and O–H groups in total. The number of β-amino-alcohol motifs (C(OH)–C–C–N with tert-alkyl or cyclic N) is 1. The molecule has 4 heteroatoms. The molecule has 1 aliphatic heterocycles. The zero-order valence-corrected chi connectivity index (χ0v) is 14.9. The number of nitrogens with zero attached hydrogens (tertiary/aromatic N) is 1. The summed E-state index contributed by atoms with van der Waals surface area (Å²) < 4.78 is 0. The first-order valence-corrected chi connectivity index (χ1v) is 9.27. The Morgan fingerprint density at radius 2 is 1.96 bits per heavy atom. The second kappa shape index (κ2) is 7.66. The number of aliphatic hydroxyl groups excluding tert-OH is 1. The molecule has 1 aromatic rings. The maximum absolute atomic E-state index is 12.3. The highest BCUT2D eigenvalue weighted by Crippen LogP contribution is 2.28. The summed E-state index contributed by atoms with van der Waals surface area (Å²) in [5.41, 5.74) is 3.34. The number of hydrogen-bond donors (Lipinski definition) is 2. The zero-order valence-electron chi connectivity index (χ0n) is 14.9. The Hall–Kier alpha value is -1.39. The van der Waals surface area contributed by atoms with Gasteiger partial charge >= 0.3 is 0 Å². The number of nitrogens with one attached hydrogen (secondary N) is 1. The Labute approximate surface area is 145 Å². The van der Waals surface area contributed by atoms with Gasteiger partial charge in [0.15, 0.2) is 0 Å². The molecule has 0 spiro atoms. The lowest BCUT2D eigenvalue weighted by Gasteiger charge is -2.33. The van der Waals surface area contributed by atoms with Crippen molar-refractivity contribution in [3.63, 3.8) is 0 Å². The van der Waals surface area contributed by atoms with Crippen molar-refractivity contribution in [2.75, 3.05) is 26.2 Å². The molecule has 2 atom stereocenters. The summed E-state index contributed by atoms with van der Waals surface area (Å²) in [5.74, 6) is 0.997. The molecule has 24 heavy (non-hydrogen) atoms. The van der Waals surface area contributed by atoms with E-state index < -0.39 is 6.10 Å². The molecular formula is C20H30N2O2. The molecule has 2 unspecified atom stereocenters. The maximum Gasteiger partial charge on any atom is 0.224 e. The van der Waals surface area contributed by atoms with Crippen LogP contribution < -0.4 is 5.32 Å². The molecule has 2 aliphatic rings. The van der Waals surface area contributed by atoms with Crippen LogP contribution in [-0.2, 0) is 4.79 Å². The molecule has 1 heterocycles. The standard InChI is InChI=1S/C20H30N2O2/c1-14-8-15(2)10-18(9-14)19(23)13-22-7-3-4-17(12-22)20(24)21-11-16-5-6-16/h8-10,16-17,19,23H,3-7,11-13H2,1-2H3,(H,21,24). The molecule has 2 fully saturated rings. The monoisotopic (exact) mass is 330 g/mol. The van der Waals surface area contributed by atoms with Crippen LogP contribution in [0.15, 0.2) is 18.2 Å². The van der Waals surface area contributed by atoms with Gasteiger partial charge in [-0.25, -0.2) is 0 Å². The lowest BCUT2D eigenvalue weighted by atomic mass is 9.96. The van der Waals surface area contributed by atoms with Gasteiger partial charge in [-0.1, -0.05) is 29.3 Å². The zero-order chi connectivity index (χ0) is 17.1. The average molecular weight is 330 g/mol. The lowest BCUT2D eigenvalue weighted by molar-refractivity contribution is -0.127. The number of rotatable bonds is 6. The van der Waals surface area contributed by atoms with Crippen LogP contribution in [0.1, 0.15) is 48.5 Å². The van der Waals surface area contributed by atoms with Gasteiger partial charge in [-0.15, -0.1) is 0 Å². The molecule has 4 nitrogen and oxygen atoms in total. The van der Waals surface area contributed by atoms with Gasteiger partial charge in [-0.05, 0) is 57.6 Å². The third-order valence-electron chi connectivity index (χ3n) is 5.20. The van der Waals surface area contributed by atoms with Crippen LogP contribution in [0.25, 0.3) is 0 Å². The van der Waals surface area contributed by atoms with Crippen LogP contribution >= 0.6 is 0 Å². The van der Waals surface area contributed by atoms with Crippen LogP contribution in [0.3, 0.4) is 0 Å². The van der Waals surface area contributed by atoms with Crippen molar-refractivity contribution in [2.45, 2.75) is 45.6 Å². The Morgan fingerprint density at radius 1 is 1.25 bits per heavy atom. The van der Waals surface area contributed by atoms with Gasteiger partial charge < -0.3 is 10.4 Å². The number of likely N-dealkylation sites (tertiary alicyclic amines) is 1. The fraction of sp³-hybridized carbons (Fsp3) is 0.650. The van der Waals surface area contributed by atoms with E-state index in [0.29, 0.717) is 6.54 Å². The molecule has 1 aromatic carbocycles. The van der Waals surface area contributed by atoms with Crippen molar-refractivity contribution in [1.82, 2.24) is 10.2 Å². The molecule has 1 amide bonds. The topological polar surface area (TPSA) is 52.6 Å². The summed E-state index contributed by atoms with van der Waals surface area (Å²) in [7, 11) is 0. The highest BCUT2D eigenvalue weighted by atomic mass is 16.3. The van der Waals surface area contributed by atoms with E-state index in [4.69, 9.17) is 0 Å². The second-order valence-electron chi connectivity index (χ2n) is 7.72. The predicted molar refractivity (Wildman–Crippen MR) is 95.8 cm³/mol. The van der Waals surface area contributed by atoms with Crippen molar-refractivity contribution in [3.8, 4) is 0 Å². The van der Waals surface area contributed by atoms with E-state index in [0.717, 1.165) is 44.0 Å². The van der Waals surface area contributed by atoms with E-state index >= 15 is 0 Å². The SMILES string of the molecule is Cc1cc(C)cc(C(O)CN2CCCC(C(=O)NCC3CC3)C2)c1. The van der Waals surface area contributed by atoms with E-state index in [2.05, 4.69) is 42.3 Å². The van der Waals surface area contributed by atoms with Crippen LogP contribution in [0, 0.1) is 25.7 Å². The molecule has 132 valence electrons. The first-order chi connectivity index (χ1) is 11.5. The third kappa shape index (κ3) is 4.81. The highest BCUT2D eigenvalue weighted by Gasteiger charge is 2.28. The Balaban J connectivity index is 1.53. The van der Waals surface area contributed by atoms with E-state index in [9.17, 15) is 9.90 Å². The number of amides is 1. The summed E-state index contributed by atoms with van der Waals surface area (Å²) in [6.45, 7) is 7.30. The largest absolute Gasteiger partial charge is 0.387 e. The number of carbonyl (C=O) groups is 1. The fourth-order valence-corrected chi connectivity index (χ4v) is 3.70. The summed E-state index contributed by atoms with van der Waals surface area (Å²) in [4.78, 5) is 14.6. The minimum absolute atomic E-state index is 0.0731. The van der Waals surface area contributed by atoms with E-state index in [1.54, 1.807) is 0 Å². The first kappa shape index (κ1) is 17.4. The molecule has 3 rings (SSSR count). The minimum atomic E-state index is -0.489. The summed E-state index contributed by atoms with van der Waals surface area (Å²) in [6.07, 6.45) is 4.03. The number of piperidine rings is 1. The average Bonchev–Trinajstić information content (AvgIpc) is 3.36. The smallest absolute Gasteiger partial charge is 0.224 e. The van der Waals surface area contributed by atoms with Crippen LogP contribution in [0.2, 0.25) is 0 Å². The number of carbonyl (C=O) groups excluding carboxylic acids is 1. The number of aliphatic hydroxyl groups is 1. The van der Waals surface area contributed by atoms with Gasteiger partial charge in [0.2, 0.25) is 5.91 Å². The molecule has 1 saturated carbocycles. The molecule has 1 aliphatic carbocycles. The summed E-state index contributed by atoms with van der Waals surface area (Å²) >= 11 is 0. The molecule has 0 radical (unpaired) electrons. The van der Waals surface area contributed by atoms with Gasteiger partial charge in [-0.3, -0.25) is 9.69 Å². The quantitative estimate of drug-likeness (QED) is 0.843. The van der Waals surface area contributed by atoms with Gasteiger partial charge in [0.05, 0.1) is 12.0 Å². The van der Waals surface area contributed by atoms with E-state index in [1.807, 2.05) is 0 Å². The molecular weight excluding hydrogens is 300 g/mol. The number of aryl methyl sites for hydroxylation is 2. The van der Waals surface area contributed by atoms with Gasteiger partial charge in [0, 0.05) is 19.6 Å². The van der Waals surface area contributed by atoms with Crippen molar-refractivity contribution in [3.05, 3.63) is 34.9 Å². The molecule has 1 saturated heterocycles. The van der Waals surface area contributed by atoms with Crippen molar-refractivity contribution in [1.29, 1.82) is 0 Å². The molecule has 0 aromatic heterocycles. The number of hydrogen-bond acceptors (Lipinski definition) is 3. The van der Waals surface area contributed by atoms with Crippen molar-refractivity contribution in [2.24, 2.45) is 11.8 Å². The first-order valence-electron chi connectivity index (χ1n) is 9.27. The van der Waals surface area contributed by atoms with Crippen molar-refractivity contribution >= 4 is 5.91 Å². The normalized spacial score (nSPS) is 23.0. The fourth-order valence-electron chi connectivity index (χ4n) is 3.70. The third-order valence-corrected chi connectivity index (χ3v) is 5.20. The van der Waals surface area contributed by atoms with Gasteiger partial charge in [0.25, 0.3) is 0 Å². The van der Waals surface area contributed by atoms with Crippen LogP contribution in [0.4, 0.5) is 0 Å². The minimum Gasteiger partial charge on any atom is -0.387 e. The van der Waals surface area contributed by atoms with E-state index in [1.165, 1.54) is 24.0 Å². The highest BCUT2D eigenvalue weighted by molar-refractivity contribution is 5.79. The van der Waals surface area contributed by atoms with Crippen molar-refractivity contribution < 1.29 is 9.90 Å². The van der Waals surface area contributed by atoms with Gasteiger partial charge in [0.1, 0.15) is 0 Å². The predicted octanol–water partition coefficient (Wildman–Crippen LogP) is 2.58. The summed E-state index contributed by atoms with van der Waals surface area (Å²) in [5, 5.41) is 13.7. The Kier molecular flexibility index (Phi) is 5.57. The second-order valence-corrected chi connectivity index (χ2v) is 7.72.